The van der Waals surface area contributed by atoms with Gasteiger partial charge in [-0.25, -0.2) is 4.79 Å². The zero-order chi connectivity index (χ0) is 17.1. The van der Waals surface area contributed by atoms with E-state index in [1.807, 2.05) is 24.3 Å². The molecule has 24 heavy (non-hydrogen) atoms. The second-order valence-corrected chi connectivity index (χ2v) is 5.31. The van der Waals surface area contributed by atoms with Gasteiger partial charge in [-0.05, 0) is 44.2 Å². The summed E-state index contributed by atoms with van der Waals surface area (Å²) in [5, 5.41) is 3.92. The van der Waals surface area contributed by atoms with Crippen molar-refractivity contribution in [3.05, 3.63) is 59.2 Å². The van der Waals surface area contributed by atoms with Crippen LogP contribution in [0.15, 0.2) is 45.3 Å². The molecule has 0 aliphatic heterocycles. The molecule has 2 heterocycles. The molecule has 0 unspecified atom stereocenters. The monoisotopic (exact) mass is 327 g/mol. The molecular weight excluding hydrogens is 310 g/mol. The van der Waals surface area contributed by atoms with Gasteiger partial charge >= 0.3 is 5.97 Å². The molecule has 124 valence electrons. The van der Waals surface area contributed by atoms with Crippen LogP contribution in [0.3, 0.4) is 0 Å². The molecule has 3 rings (SSSR count). The molecule has 0 amide bonds. The summed E-state index contributed by atoms with van der Waals surface area (Å²) >= 11 is 0. The largest absolute Gasteiger partial charge is 0.497 e. The third kappa shape index (κ3) is 3.32. The molecule has 0 radical (unpaired) electrons. The summed E-state index contributed by atoms with van der Waals surface area (Å²) in [5.41, 5.74) is 1.82. The average Bonchev–Trinajstić information content (AvgIpc) is 3.19. The number of nitrogens with zero attached hydrogens (tertiary/aromatic N) is 1. The van der Waals surface area contributed by atoms with Crippen LogP contribution in [0.4, 0.5) is 0 Å². The van der Waals surface area contributed by atoms with E-state index < -0.39 is 5.97 Å². The van der Waals surface area contributed by atoms with E-state index in [9.17, 15) is 4.79 Å². The van der Waals surface area contributed by atoms with Crippen molar-refractivity contribution in [2.45, 2.75) is 20.5 Å². The predicted octanol–water partition coefficient (Wildman–Crippen LogP) is 3.92. The quantitative estimate of drug-likeness (QED) is 0.661. The third-order valence-electron chi connectivity index (χ3n) is 3.55. The molecule has 0 bridgehead atoms. The lowest BCUT2D eigenvalue weighted by Crippen LogP contribution is -2.05. The van der Waals surface area contributed by atoms with Crippen molar-refractivity contribution >= 4 is 5.97 Å². The predicted molar refractivity (Wildman–Crippen MR) is 85.8 cm³/mol. The minimum atomic E-state index is -0.446. The topological polar surface area (TPSA) is 74.7 Å². The van der Waals surface area contributed by atoms with Crippen LogP contribution in [-0.4, -0.2) is 18.2 Å². The van der Waals surface area contributed by atoms with E-state index >= 15 is 0 Å². The Morgan fingerprint density at radius 3 is 2.54 bits per heavy atom. The second-order valence-electron chi connectivity index (χ2n) is 5.31. The number of aryl methyl sites for hydroxylation is 2. The van der Waals surface area contributed by atoms with E-state index in [1.165, 1.54) is 0 Å². The second kappa shape index (κ2) is 6.62. The fraction of sp³-hybridized carbons (Fsp3) is 0.222. The molecule has 1 aromatic carbocycles. The van der Waals surface area contributed by atoms with Crippen LogP contribution in [-0.2, 0) is 11.3 Å². The van der Waals surface area contributed by atoms with Crippen molar-refractivity contribution in [3.8, 4) is 17.1 Å². The number of rotatable bonds is 5. The molecule has 2 aromatic heterocycles. The molecule has 0 saturated carbocycles. The summed E-state index contributed by atoms with van der Waals surface area (Å²) < 4.78 is 21.0. The van der Waals surface area contributed by atoms with Gasteiger partial charge in [0, 0.05) is 11.6 Å². The molecule has 0 spiro atoms. The Kier molecular flexibility index (Phi) is 4.37. The number of hydrogen-bond donors (Lipinski definition) is 0. The molecule has 6 nitrogen and oxygen atoms in total. The van der Waals surface area contributed by atoms with Crippen molar-refractivity contribution < 1.29 is 23.2 Å². The average molecular weight is 327 g/mol. The van der Waals surface area contributed by atoms with Gasteiger partial charge in [-0.15, -0.1) is 0 Å². The van der Waals surface area contributed by atoms with Crippen molar-refractivity contribution in [1.29, 1.82) is 0 Å². The van der Waals surface area contributed by atoms with Crippen LogP contribution in [0.2, 0.25) is 0 Å². The van der Waals surface area contributed by atoms with Gasteiger partial charge in [0.25, 0.3) is 0 Å². The highest BCUT2D eigenvalue weighted by atomic mass is 16.5. The first-order valence-electron chi connectivity index (χ1n) is 7.41. The SMILES string of the molecule is COc1ccc(-c2cc(COC(=O)c3cc(C)oc3C)no2)cc1. The Labute approximate surface area is 139 Å². The molecule has 0 N–H and O–H groups in total. The molecule has 0 aliphatic rings. The van der Waals surface area contributed by atoms with E-state index in [2.05, 4.69) is 5.16 Å². The lowest BCUT2D eigenvalue weighted by molar-refractivity contribution is 0.0462. The van der Waals surface area contributed by atoms with Gasteiger partial charge in [-0.3, -0.25) is 0 Å². The van der Waals surface area contributed by atoms with Crippen LogP contribution >= 0.6 is 0 Å². The summed E-state index contributed by atoms with van der Waals surface area (Å²) in [6.07, 6.45) is 0. The fourth-order valence-electron chi connectivity index (χ4n) is 2.32. The van der Waals surface area contributed by atoms with Crippen molar-refractivity contribution in [2.24, 2.45) is 0 Å². The Bertz CT molecular complexity index is 845. The number of hydrogen-bond acceptors (Lipinski definition) is 6. The summed E-state index contributed by atoms with van der Waals surface area (Å²) in [7, 11) is 1.61. The standard InChI is InChI=1S/C18H17NO5/c1-11-8-16(12(2)23-11)18(20)22-10-14-9-17(24-19-14)13-4-6-15(21-3)7-5-13/h4-9H,10H2,1-3H3. The molecular formula is C18H17NO5. The first-order chi connectivity index (χ1) is 11.6. The zero-order valence-electron chi connectivity index (χ0n) is 13.7. The van der Waals surface area contributed by atoms with Crippen LogP contribution in [0, 0.1) is 13.8 Å². The van der Waals surface area contributed by atoms with Gasteiger partial charge in [0.15, 0.2) is 5.76 Å². The van der Waals surface area contributed by atoms with Gasteiger partial charge in [0.2, 0.25) is 0 Å². The van der Waals surface area contributed by atoms with E-state index in [0.29, 0.717) is 28.5 Å². The van der Waals surface area contributed by atoms with Crippen LogP contribution in [0.5, 0.6) is 5.75 Å². The number of carbonyl (C=O) groups is 1. The highest BCUT2D eigenvalue weighted by Gasteiger charge is 2.16. The number of benzene rings is 1. The highest BCUT2D eigenvalue weighted by Crippen LogP contribution is 2.23. The maximum Gasteiger partial charge on any atom is 0.342 e. The van der Waals surface area contributed by atoms with E-state index in [4.69, 9.17) is 18.4 Å². The number of ether oxygens (including phenoxy) is 2. The van der Waals surface area contributed by atoms with Crippen LogP contribution in [0.25, 0.3) is 11.3 Å². The molecule has 0 saturated heterocycles. The molecule has 0 aliphatic carbocycles. The molecule has 6 heteroatoms. The Morgan fingerprint density at radius 2 is 1.92 bits per heavy atom. The van der Waals surface area contributed by atoms with Crippen LogP contribution in [0.1, 0.15) is 27.6 Å². The Balaban J connectivity index is 1.65. The van der Waals surface area contributed by atoms with Gasteiger partial charge in [0.1, 0.15) is 35.1 Å². The smallest absolute Gasteiger partial charge is 0.342 e. The Hall–Kier alpha value is -3.02. The van der Waals surface area contributed by atoms with Gasteiger partial charge < -0.3 is 18.4 Å². The van der Waals surface area contributed by atoms with Crippen molar-refractivity contribution in [3.63, 3.8) is 0 Å². The van der Waals surface area contributed by atoms with Crippen LogP contribution < -0.4 is 4.74 Å². The first kappa shape index (κ1) is 15.9. The third-order valence-corrected chi connectivity index (χ3v) is 3.55. The summed E-state index contributed by atoms with van der Waals surface area (Å²) in [4.78, 5) is 12.0. The number of aromatic nitrogens is 1. The maximum absolute atomic E-state index is 12.0. The van der Waals surface area contributed by atoms with Gasteiger partial charge in [0.05, 0.1) is 7.11 Å². The number of esters is 1. The van der Waals surface area contributed by atoms with Gasteiger partial charge in [-0.2, -0.15) is 0 Å². The van der Waals surface area contributed by atoms with E-state index in [0.717, 1.165) is 11.3 Å². The minimum Gasteiger partial charge on any atom is -0.497 e. The van der Waals surface area contributed by atoms with E-state index in [-0.39, 0.29) is 6.61 Å². The Morgan fingerprint density at radius 1 is 1.17 bits per heavy atom. The van der Waals surface area contributed by atoms with Crippen molar-refractivity contribution in [2.75, 3.05) is 7.11 Å². The fourth-order valence-corrected chi connectivity index (χ4v) is 2.32. The maximum atomic E-state index is 12.0. The van der Waals surface area contributed by atoms with Crippen molar-refractivity contribution in [1.82, 2.24) is 5.16 Å². The zero-order valence-corrected chi connectivity index (χ0v) is 13.7. The lowest BCUT2D eigenvalue weighted by Gasteiger charge is -2.00. The molecule has 0 atom stereocenters. The summed E-state index contributed by atoms with van der Waals surface area (Å²) in [5.74, 6) is 2.12. The highest BCUT2D eigenvalue weighted by molar-refractivity contribution is 5.90. The number of methoxy groups -OCH3 is 1. The number of furan rings is 1. The summed E-state index contributed by atoms with van der Waals surface area (Å²) in [6.45, 7) is 3.53. The number of carbonyl (C=O) groups excluding carboxylic acids is 1. The molecule has 0 fully saturated rings. The minimum absolute atomic E-state index is 0.0299. The first-order valence-corrected chi connectivity index (χ1v) is 7.41. The lowest BCUT2D eigenvalue weighted by atomic mass is 10.1. The normalized spacial score (nSPS) is 10.6. The van der Waals surface area contributed by atoms with E-state index in [1.54, 1.807) is 33.1 Å². The molecule has 3 aromatic rings. The summed E-state index contributed by atoms with van der Waals surface area (Å²) in [6, 6.07) is 10.8. The van der Waals surface area contributed by atoms with Gasteiger partial charge in [-0.1, -0.05) is 5.16 Å².